The summed E-state index contributed by atoms with van der Waals surface area (Å²) in [4.78, 5) is 0. The first kappa shape index (κ1) is 26.3. The van der Waals surface area contributed by atoms with E-state index in [1.165, 1.54) is 37.3 Å². The molecule has 0 aliphatic rings. The normalized spacial score (nSPS) is 14.3. The van der Waals surface area contributed by atoms with Crippen LogP contribution in [0.4, 0.5) is 0 Å². The highest BCUT2D eigenvalue weighted by molar-refractivity contribution is 5.27. The molecule has 0 aliphatic heterocycles. The van der Waals surface area contributed by atoms with Gasteiger partial charge in [0.05, 0.1) is 54.4 Å². The average molecular weight is 466 g/mol. The zero-order valence-corrected chi connectivity index (χ0v) is 20.1. The molecule has 1 rings (SSSR count). The molecule has 142 valence electrons. The maximum Gasteiger partial charge on any atom is 0.0849 e. The Kier molecular flexibility index (Phi) is 12.0. The lowest BCUT2D eigenvalue weighted by Crippen LogP contribution is -3.00. The summed E-state index contributed by atoms with van der Waals surface area (Å²) in [6.07, 6.45) is 0. The molecule has 4 heteroatoms. The third-order valence-electron chi connectivity index (χ3n) is 5.32. The maximum absolute atomic E-state index is 2.35. The van der Waals surface area contributed by atoms with Crippen molar-refractivity contribution < 1.29 is 42.9 Å². The zero-order valence-electron chi connectivity index (χ0n) is 16.9. The van der Waals surface area contributed by atoms with Crippen molar-refractivity contribution in [2.75, 3.05) is 54.4 Å². The van der Waals surface area contributed by atoms with Gasteiger partial charge in [-0.05, 0) is 25.0 Å². The third-order valence-corrected chi connectivity index (χ3v) is 5.32. The van der Waals surface area contributed by atoms with Crippen LogP contribution in [0.1, 0.15) is 50.7 Å². The SMILES string of the molecule is CC[N+](C)(C)CC(C)c1ccc(C(C)C[N+](C)(C)CC)cc1.[Br-].[Br-]. The Morgan fingerprint density at radius 1 is 0.667 bits per heavy atom. The average Bonchev–Trinajstić information content (AvgIpc) is 2.46. The predicted octanol–water partition coefficient (Wildman–Crippen LogP) is -1.91. The topological polar surface area (TPSA) is 0 Å². The van der Waals surface area contributed by atoms with E-state index in [2.05, 4.69) is 80.2 Å². The third kappa shape index (κ3) is 8.46. The van der Waals surface area contributed by atoms with Gasteiger partial charge in [0.25, 0.3) is 0 Å². The highest BCUT2D eigenvalue weighted by Crippen LogP contribution is 2.23. The van der Waals surface area contributed by atoms with Gasteiger partial charge in [-0.25, -0.2) is 0 Å². The van der Waals surface area contributed by atoms with E-state index < -0.39 is 0 Å². The van der Waals surface area contributed by atoms with Gasteiger partial charge in [-0.2, -0.15) is 0 Å². The van der Waals surface area contributed by atoms with Crippen LogP contribution in [0.5, 0.6) is 0 Å². The van der Waals surface area contributed by atoms with E-state index in [4.69, 9.17) is 0 Å². The van der Waals surface area contributed by atoms with Crippen molar-refractivity contribution in [1.29, 1.82) is 0 Å². The van der Waals surface area contributed by atoms with Gasteiger partial charge in [0.1, 0.15) is 0 Å². The number of halogens is 2. The number of benzene rings is 1. The number of likely N-dealkylation sites (N-methyl/N-ethyl adjacent to an activating group) is 2. The molecular formula is C20H38Br2N2. The standard InChI is InChI=1S/C20H38N2.2BrH/c1-9-21(5,6)15-17(3)19-11-13-20(14-12-19)18(4)16-22(7,8)10-2;;/h11-14,17-18H,9-10,15-16H2,1-8H3;2*1H/q+2;;/p-2. The first-order valence-electron chi connectivity index (χ1n) is 8.84. The van der Waals surface area contributed by atoms with Crippen molar-refractivity contribution in [2.24, 2.45) is 0 Å². The van der Waals surface area contributed by atoms with Crippen LogP contribution >= 0.6 is 0 Å². The van der Waals surface area contributed by atoms with Gasteiger partial charge in [-0.15, -0.1) is 0 Å². The lowest BCUT2D eigenvalue weighted by Gasteiger charge is -2.32. The van der Waals surface area contributed by atoms with E-state index in [1.807, 2.05) is 0 Å². The van der Waals surface area contributed by atoms with Crippen molar-refractivity contribution in [3.8, 4) is 0 Å². The highest BCUT2D eigenvalue weighted by atomic mass is 79.9. The van der Waals surface area contributed by atoms with Crippen LogP contribution in [0.15, 0.2) is 24.3 Å². The summed E-state index contributed by atoms with van der Waals surface area (Å²) in [6, 6.07) is 9.38. The first-order chi connectivity index (χ1) is 10.1. The van der Waals surface area contributed by atoms with Crippen LogP contribution in [-0.2, 0) is 0 Å². The summed E-state index contributed by atoms with van der Waals surface area (Å²) in [5, 5.41) is 0. The summed E-state index contributed by atoms with van der Waals surface area (Å²) < 4.78 is 2.17. The Morgan fingerprint density at radius 3 is 1.12 bits per heavy atom. The molecule has 1 aromatic rings. The van der Waals surface area contributed by atoms with E-state index in [0.717, 1.165) is 8.97 Å². The van der Waals surface area contributed by atoms with E-state index in [0.29, 0.717) is 11.8 Å². The lowest BCUT2D eigenvalue weighted by molar-refractivity contribution is -0.889. The van der Waals surface area contributed by atoms with Crippen LogP contribution in [-0.4, -0.2) is 63.3 Å². The summed E-state index contributed by atoms with van der Waals surface area (Å²) in [5.41, 5.74) is 2.94. The molecule has 0 radical (unpaired) electrons. The van der Waals surface area contributed by atoms with Crippen molar-refractivity contribution in [2.45, 2.75) is 39.5 Å². The Hall–Kier alpha value is 0.1000. The Balaban J connectivity index is 0. The smallest absolute Gasteiger partial charge is 0.0849 e. The van der Waals surface area contributed by atoms with E-state index in [1.54, 1.807) is 0 Å². The summed E-state index contributed by atoms with van der Waals surface area (Å²) in [6.45, 7) is 14.0. The second kappa shape index (κ2) is 10.9. The number of hydrogen-bond acceptors (Lipinski definition) is 0. The Bertz CT molecular complexity index is 412. The molecule has 0 fully saturated rings. The van der Waals surface area contributed by atoms with Crippen LogP contribution in [0.25, 0.3) is 0 Å². The molecule has 0 saturated carbocycles. The van der Waals surface area contributed by atoms with Gasteiger partial charge in [0.15, 0.2) is 0 Å². The predicted molar refractivity (Wildman–Crippen MR) is 98.3 cm³/mol. The number of rotatable bonds is 8. The molecule has 0 saturated heterocycles. The Morgan fingerprint density at radius 2 is 0.917 bits per heavy atom. The Labute approximate surface area is 172 Å². The summed E-state index contributed by atoms with van der Waals surface area (Å²) in [7, 11) is 9.27. The van der Waals surface area contributed by atoms with Crippen molar-refractivity contribution in [3.05, 3.63) is 35.4 Å². The summed E-state index contributed by atoms with van der Waals surface area (Å²) >= 11 is 0. The molecule has 0 amide bonds. The molecule has 2 nitrogen and oxygen atoms in total. The highest BCUT2D eigenvalue weighted by Gasteiger charge is 2.20. The summed E-state index contributed by atoms with van der Waals surface area (Å²) in [5.74, 6) is 1.23. The fourth-order valence-electron chi connectivity index (χ4n) is 3.10. The van der Waals surface area contributed by atoms with Crippen molar-refractivity contribution in [1.82, 2.24) is 0 Å². The monoisotopic (exact) mass is 464 g/mol. The number of hydrogen-bond donors (Lipinski definition) is 0. The van der Waals surface area contributed by atoms with Gasteiger partial charge >= 0.3 is 0 Å². The fraction of sp³-hybridized carbons (Fsp3) is 0.700. The van der Waals surface area contributed by atoms with E-state index in [9.17, 15) is 0 Å². The minimum absolute atomic E-state index is 0. The van der Waals surface area contributed by atoms with Gasteiger partial charge in [0.2, 0.25) is 0 Å². The van der Waals surface area contributed by atoms with Crippen LogP contribution in [0.3, 0.4) is 0 Å². The van der Waals surface area contributed by atoms with Crippen LogP contribution in [0.2, 0.25) is 0 Å². The maximum atomic E-state index is 2.35. The van der Waals surface area contributed by atoms with Gasteiger partial charge in [-0.1, -0.05) is 38.1 Å². The molecule has 0 aliphatic carbocycles. The largest absolute Gasteiger partial charge is 1.00 e. The molecule has 0 aromatic heterocycles. The molecule has 0 N–H and O–H groups in total. The fourth-order valence-corrected chi connectivity index (χ4v) is 3.10. The molecule has 0 spiro atoms. The van der Waals surface area contributed by atoms with Crippen LogP contribution < -0.4 is 34.0 Å². The zero-order chi connectivity index (χ0) is 17.0. The lowest BCUT2D eigenvalue weighted by atomic mass is 9.94. The minimum atomic E-state index is 0. The molecule has 2 atom stereocenters. The molecule has 0 heterocycles. The number of nitrogens with zero attached hydrogens (tertiary/aromatic N) is 2. The molecule has 0 bridgehead atoms. The first-order valence-corrected chi connectivity index (χ1v) is 8.84. The minimum Gasteiger partial charge on any atom is -1.00 e. The number of quaternary nitrogens is 2. The molecule has 24 heavy (non-hydrogen) atoms. The quantitative estimate of drug-likeness (QED) is 0.393. The van der Waals surface area contributed by atoms with Crippen LogP contribution in [0, 0.1) is 0 Å². The van der Waals surface area contributed by atoms with Gasteiger partial charge in [-0.3, -0.25) is 0 Å². The molecule has 1 aromatic carbocycles. The van der Waals surface area contributed by atoms with Crippen molar-refractivity contribution in [3.63, 3.8) is 0 Å². The van der Waals surface area contributed by atoms with Gasteiger partial charge in [0, 0.05) is 11.8 Å². The van der Waals surface area contributed by atoms with Gasteiger partial charge < -0.3 is 42.9 Å². The van der Waals surface area contributed by atoms with E-state index in [-0.39, 0.29) is 34.0 Å². The van der Waals surface area contributed by atoms with Crippen molar-refractivity contribution >= 4 is 0 Å². The molecular weight excluding hydrogens is 428 g/mol. The second-order valence-corrected chi connectivity index (χ2v) is 8.34. The molecule has 2 unspecified atom stereocenters. The second-order valence-electron chi connectivity index (χ2n) is 8.34. The van der Waals surface area contributed by atoms with E-state index >= 15 is 0 Å².